The summed E-state index contributed by atoms with van der Waals surface area (Å²) in [5.41, 5.74) is 1.38. The molecule has 0 radical (unpaired) electrons. The van der Waals surface area contributed by atoms with Crippen molar-refractivity contribution < 1.29 is 0 Å². The Bertz CT molecular complexity index is 271. The Kier molecular flexibility index (Phi) is 5.20. The molecule has 0 saturated heterocycles. The smallest absolute Gasteiger partial charge is 0.0440 e. The average molecular weight is 223 g/mol. The quantitative estimate of drug-likeness (QED) is 0.821. The Morgan fingerprint density at radius 1 is 1.13 bits per heavy atom. The summed E-state index contributed by atoms with van der Waals surface area (Å²) in [6, 6.07) is 11.1. The summed E-state index contributed by atoms with van der Waals surface area (Å²) in [6.45, 7) is 4.57. The van der Waals surface area contributed by atoms with Gasteiger partial charge in [-0.2, -0.15) is 11.8 Å². The van der Waals surface area contributed by atoms with E-state index in [1.807, 2.05) is 18.8 Å². The van der Waals surface area contributed by atoms with Crippen molar-refractivity contribution in [1.29, 1.82) is 0 Å². The normalized spacial score (nSPS) is 15.3. The minimum atomic E-state index is 0.446. The molecular formula is C13H21NS. The first-order chi connectivity index (χ1) is 7.20. The molecule has 2 heteroatoms. The summed E-state index contributed by atoms with van der Waals surface area (Å²) in [7, 11) is 2.04. The lowest BCUT2D eigenvalue weighted by Gasteiger charge is -2.28. The molecule has 1 aromatic carbocycles. The third-order valence-corrected chi connectivity index (χ3v) is 4.09. The Morgan fingerprint density at radius 2 is 1.73 bits per heavy atom. The fourth-order valence-electron chi connectivity index (χ4n) is 1.97. The van der Waals surface area contributed by atoms with Gasteiger partial charge in [0.05, 0.1) is 0 Å². The Morgan fingerprint density at radius 3 is 2.13 bits per heavy atom. The van der Waals surface area contributed by atoms with Crippen molar-refractivity contribution in [3.8, 4) is 0 Å². The molecule has 1 nitrogen and oxygen atoms in total. The number of rotatable bonds is 5. The molecule has 0 aliphatic carbocycles. The highest BCUT2D eigenvalue weighted by Crippen LogP contribution is 2.30. The summed E-state index contributed by atoms with van der Waals surface area (Å²) in [4.78, 5) is 0. The highest BCUT2D eigenvalue weighted by molar-refractivity contribution is 7.99. The van der Waals surface area contributed by atoms with Crippen LogP contribution in [0.2, 0.25) is 0 Å². The maximum atomic E-state index is 3.43. The predicted octanol–water partition coefficient (Wildman–Crippen LogP) is 3.33. The van der Waals surface area contributed by atoms with Gasteiger partial charge < -0.3 is 5.32 Å². The molecule has 0 aliphatic heterocycles. The molecule has 1 rings (SSSR count). The van der Waals surface area contributed by atoms with Crippen LogP contribution in [0.5, 0.6) is 0 Å². The topological polar surface area (TPSA) is 12.0 Å². The highest BCUT2D eigenvalue weighted by atomic mass is 32.2. The first-order valence-electron chi connectivity index (χ1n) is 5.45. The number of nitrogens with one attached hydrogen (secondary N) is 1. The number of hydrogen-bond acceptors (Lipinski definition) is 2. The summed E-state index contributed by atoms with van der Waals surface area (Å²) < 4.78 is 0. The molecule has 0 aromatic heterocycles. The van der Waals surface area contributed by atoms with Crippen LogP contribution in [0.1, 0.15) is 25.5 Å². The monoisotopic (exact) mass is 223 g/mol. The van der Waals surface area contributed by atoms with Gasteiger partial charge in [-0.1, -0.05) is 44.2 Å². The van der Waals surface area contributed by atoms with Gasteiger partial charge in [-0.05, 0) is 24.8 Å². The van der Waals surface area contributed by atoms with E-state index in [4.69, 9.17) is 0 Å². The maximum Gasteiger partial charge on any atom is 0.0440 e. The van der Waals surface area contributed by atoms with Gasteiger partial charge >= 0.3 is 0 Å². The second-order valence-electron chi connectivity index (χ2n) is 4.12. The van der Waals surface area contributed by atoms with Crippen LogP contribution in [0, 0.1) is 5.92 Å². The van der Waals surface area contributed by atoms with Crippen LogP contribution in [0.25, 0.3) is 0 Å². The predicted molar refractivity (Wildman–Crippen MR) is 70.4 cm³/mol. The third kappa shape index (κ3) is 3.25. The molecule has 0 fully saturated rings. The third-order valence-electron chi connectivity index (χ3n) is 2.73. The van der Waals surface area contributed by atoms with Crippen LogP contribution in [0.3, 0.4) is 0 Å². The fraction of sp³-hybridized carbons (Fsp3) is 0.538. The molecular weight excluding hydrogens is 202 g/mol. The molecule has 0 aliphatic rings. The molecule has 0 bridgehead atoms. The van der Waals surface area contributed by atoms with Crippen molar-refractivity contribution in [3.63, 3.8) is 0 Å². The van der Waals surface area contributed by atoms with Crippen molar-refractivity contribution >= 4 is 11.8 Å². The van der Waals surface area contributed by atoms with E-state index in [0.717, 1.165) is 0 Å². The zero-order valence-corrected chi connectivity index (χ0v) is 10.8. The summed E-state index contributed by atoms with van der Waals surface area (Å²) >= 11 is 1.94. The van der Waals surface area contributed by atoms with Crippen molar-refractivity contribution in [2.75, 3.05) is 13.3 Å². The molecule has 0 spiro atoms. The molecule has 15 heavy (non-hydrogen) atoms. The van der Waals surface area contributed by atoms with Gasteiger partial charge in [0.1, 0.15) is 0 Å². The van der Waals surface area contributed by atoms with E-state index < -0.39 is 0 Å². The van der Waals surface area contributed by atoms with Crippen LogP contribution in [-0.4, -0.2) is 18.6 Å². The van der Waals surface area contributed by atoms with Crippen LogP contribution >= 0.6 is 11.8 Å². The van der Waals surface area contributed by atoms with Gasteiger partial charge in [0.2, 0.25) is 0 Å². The zero-order chi connectivity index (χ0) is 11.3. The van der Waals surface area contributed by atoms with Gasteiger partial charge in [-0.3, -0.25) is 0 Å². The van der Waals surface area contributed by atoms with E-state index in [-0.39, 0.29) is 0 Å². The van der Waals surface area contributed by atoms with Crippen molar-refractivity contribution in [1.82, 2.24) is 5.32 Å². The zero-order valence-electron chi connectivity index (χ0n) is 10.0. The van der Waals surface area contributed by atoms with Gasteiger partial charge in [0.15, 0.2) is 0 Å². The number of thioether (sulfide) groups is 1. The highest BCUT2D eigenvalue weighted by Gasteiger charge is 2.23. The van der Waals surface area contributed by atoms with Crippen LogP contribution < -0.4 is 5.32 Å². The van der Waals surface area contributed by atoms with Crippen molar-refractivity contribution in [3.05, 3.63) is 35.9 Å². The SMILES string of the molecule is CNC(c1ccccc1)C(SC)C(C)C. The van der Waals surface area contributed by atoms with Crippen LogP contribution in [0.15, 0.2) is 30.3 Å². The first-order valence-corrected chi connectivity index (χ1v) is 6.74. The summed E-state index contributed by atoms with van der Waals surface area (Å²) in [5, 5.41) is 4.05. The second kappa shape index (κ2) is 6.19. The average Bonchev–Trinajstić information content (AvgIpc) is 2.26. The molecule has 1 N–H and O–H groups in total. The Balaban J connectivity index is 2.87. The van der Waals surface area contributed by atoms with Crippen LogP contribution in [-0.2, 0) is 0 Å². The lowest BCUT2D eigenvalue weighted by molar-refractivity contribution is 0.473. The standard InChI is InChI=1S/C13H21NS/c1-10(2)13(15-4)12(14-3)11-8-6-5-7-9-11/h5-10,12-14H,1-4H3. The molecule has 2 unspecified atom stereocenters. The van der Waals surface area contributed by atoms with Gasteiger partial charge in [0.25, 0.3) is 0 Å². The van der Waals surface area contributed by atoms with E-state index in [1.165, 1.54) is 5.56 Å². The Labute approximate surface area is 97.7 Å². The molecule has 1 aromatic rings. The van der Waals surface area contributed by atoms with Crippen molar-refractivity contribution in [2.45, 2.75) is 25.1 Å². The second-order valence-corrected chi connectivity index (χ2v) is 5.14. The van der Waals surface area contributed by atoms with Crippen LogP contribution in [0.4, 0.5) is 0 Å². The van der Waals surface area contributed by atoms with E-state index >= 15 is 0 Å². The van der Waals surface area contributed by atoms with Gasteiger partial charge in [-0.15, -0.1) is 0 Å². The van der Waals surface area contributed by atoms with Gasteiger partial charge in [-0.25, -0.2) is 0 Å². The molecule has 0 saturated carbocycles. The fourth-order valence-corrected chi connectivity index (χ4v) is 3.08. The van der Waals surface area contributed by atoms with E-state index in [0.29, 0.717) is 17.2 Å². The summed E-state index contributed by atoms with van der Waals surface area (Å²) in [5.74, 6) is 0.678. The Hall–Kier alpha value is -0.470. The van der Waals surface area contributed by atoms with E-state index in [9.17, 15) is 0 Å². The minimum Gasteiger partial charge on any atom is -0.312 e. The molecule has 2 atom stereocenters. The minimum absolute atomic E-state index is 0.446. The van der Waals surface area contributed by atoms with Gasteiger partial charge in [0, 0.05) is 11.3 Å². The lowest BCUT2D eigenvalue weighted by atomic mass is 9.96. The molecule has 84 valence electrons. The van der Waals surface area contributed by atoms with Crippen molar-refractivity contribution in [2.24, 2.45) is 5.92 Å². The molecule has 0 heterocycles. The molecule has 0 amide bonds. The maximum absolute atomic E-state index is 3.43. The summed E-state index contributed by atoms with van der Waals surface area (Å²) in [6.07, 6.45) is 2.19. The lowest BCUT2D eigenvalue weighted by Crippen LogP contribution is -2.30. The van der Waals surface area contributed by atoms with E-state index in [2.05, 4.69) is 55.8 Å². The number of hydrogen-bond donors (Lipinski definition) is 1. The first kappa shape index (κ1) is 12.6. The van der Waals surface area contributed by atoms with E-state index in [1.54, 1.807) is 0 Å². The number of benzene rings is 1. The largest absolute Gasteiger partial charge is 0.312 e.